The number of anilines is 3. The number of rotatable bonds is 6. The van der Waals surface area contributed by atoms with E-state index < -0.39 is 5.82 Å². The summed E-state index contributed by atoms with van der Waals surface area (Å²) in [6.45, 7) is 5.00. The molecule has 3 aromatic rings. The molecule has 0 saturated carbocycles. The van der Waals surface area contributed by atoms with Crippen molar-refractivity contribution in [3.8, 4) is 5.95 Å². The van der Waals surface area contributed by atoms with Crippen LogP contribution in [0.4, 0.5) is 21.8 Å². The predicted molar refractivity (Wildman–Crippen MR) is 106 cm³/mol. The summed E-state index contributed by atoms with van der Waals surface area (Å²) in [6, 6.07) is 1.98. The second-order valence-electron chi connectivity index (χ2n) is 7.01. The summed E-state index contributed by atoms with van der Waals surface area (Å²) >= 11 is 0. The first kappa shape index (κ1) is 19.2. The number of ether oxygens (including phenoxy) is 1. The first-order valence-corrected chi connectivity index (χ1v) is 9.46. The first-order valence-electron chi connectivity index (χ1n) is 9.46. The molecule has 0 aliphatic carbocycles. The molecule has 0 amide bonds. The van der Waals surface area contributed by atoms with Gasteiger partial charge >= 0.3 is 0 Å². The summed E-state index contributed by atoms with van der Waals surface area (Å²) in [5.74, 6) is 0.408. The summed E-state index contributed by atoms with van der Waals surface area (Å²) in [6.07, 6.45) is 6.44. The molecule has 3 aromatic heterocycles. The third-order valence-electron chi connectivity index (χ3n) is 4.84. The highest BCUT2D eigenvalue weighted by atomic mass is 19.1. The topological polar surface area (TPSA) is 93.9 Å². The average molecular weight is 398 g/mol. The number of halogens is 1. The van der Waals surface area contributed by atoms with Gasteiger partial charge in [0.25, 0.3) is 5.95 Å². The SMILES string of the molecule is COC[C@H]1CCCN1c1nc(-n2nc(C)cc2C)nc(Nc2cnccn2)c1F. The Balaban J connectivity index is 1.82. The van der Waals surface area contributed by atoms with E-state index in [4.69, 9.17) is 4.74 Å². The van der Waals surface area contributed by atoms with Gasteiger partial charge in [-0.25, -0.2) is 9.67 Å². The average Bonchev–Trinajstić information content (AvgIpc) is 3.30. The molecule has 0 spiro atoms. The molecule has 1 fully saturated rings. The zero-order valence-electron chi connectivity index (χ0n) is 16.6. The van der Waals surface area contributed by atoms with Gasteiger partial charge in [-0.3, -0.25) is 4.98 Å². The maximum atomic E-state index is 15.5. The van der Waals surface area contributed by atoms with Crippen molar-refractivity contribution in [2.45, 2.75) is 32.7 Å². The molecule has 4 heterocycles. The molecule has 1 aliphatic heterocycles. The molecule has 0 bridgehead atoms. The van der Waals surface area contributed by atoms with Gasteiger partial charge in [-0.1, -0.05) is 0 Å². The van der Waals surface area contributed by atoms with Crippen LogP contribution >= 0.6 is 0 Å². The van der Waals surface area contributed by atoms with Gasteiger partial charge in [0.1, 0.15) is 5.82 Å². The second-order valence-corrected chi connectivity index (χ2v) is 7.01. The number of hydrogen-bond acceptors (Lipinski definition) is 8. The number of nitrogens with one attached hydrogen (secondary N) is 1. The van der Waals surface area contributed by atoms with Gasteiger partial charge < -0.3 is 15.0 Å². The molecule has 1 N–H and O–H groups in total. The van der Waals surface area contributed by atoms with Crippen LogP contribution in [0.15, 0.2) is 24.7 Å². The largest absolute Gasteiger partial charge is 0.383 e. The molecule has 152 valence electrons. The van der Waals surface area contributed by atoms with E-state index in [2.05, 4.69) is 30.4 Å². The lowest BCUT2D eigenvalue weighted by molar-refractivity contribution is 0.180. The minimum absolute atomic E-state index is 0.0288. The lowest BCUT2D eigenvalue weighted by Crippen LogP contribution is -2.34. The van der Waals surface area contributed by atoms with Crippen molar-refractivity contribution in [1.82, 2.24) is 29.7 Å². The van der Waals surface area contributed by atoms with Crippen molar-refractivity contribution in [2.75, 3.05) is 30.5 Å². The van der Waals surface area contributed by atoms with Crippen LogP contribution < -0.4 is 10.2 Å². The van der Waals surface area contributed by atoms with Gasteiger partial charge in [0.15, 0.2) is 11.6 Å². The molecule has 10 heteroatoms. The van der Waals surface area contributed by atoms with Gasteiger partial charge in [-0.15, -0.1) is 0 Å². The Kier molecular flexibility index (Phi) is 5.34. The van der Waals surface area contributed by atoms with E-state index in [0.29, 0.717) is 24.9 Å². The number of nitrogens with zero attached hydrogens (tertiary/aromatic N) is 7. The van der Waals surface area contributed by atoms with Crippen LogP contribution in [-0.4, -0.2) is 56.0 Å². The molecule has 1 aliphatic rings. The van der Waals surface area contributed by atoms with E-state index >= 15 is 4.39 Å². The van der Waals surface area contributed by atoms with Gasteiger partial charge in [-0.05, 0) is 32.8 Å². The summed E-state index contributed by atoms with van der Waals surface area (Å²) in [5.41, 5.74) is 1.69. The van der Waals surface area contributed by atoms with Crippen molar-refractivity contribution >= 4 is 17.5 Å². The molecule has 9 nitrogen and oxygen atoms in total. The highest BCUT2D eigenvalue weighted by molar-refractivity contribution is 5.60. The fourth-order valence-electron chi connectivity index (χ4n) is 3.59. The van der Waals surface area contributed by atoms with Crippen LogP contribution in [-0.2, 0) is 4.74 Å². The zero-order valence-corrected chi connectivity index (χ0v) is 16.6. The molecule has 0 radical (unpaired) electrons. The first-order chi connectivity index (χ1) is 14.1. The van der Waals surface area contributed by atoms with Crippen LogP contribution in [0.1, 0.15) is 24.2 Å². The Morgan fingerprint density at radius 1 is 1.28 bits per heavy atom. The summed E-state index contributed by atoms with van der Waals surface area (Å²) in [4.78, 5) is 19.0. The maximum absolute atomic E-state index is 15.5. The molecule has 1 atom stereocenters. The Morgan fingerprint density at radius 2 is 2.14 bits per heavy atom. The monoisotopic (exact) mass is 398 g/mol. The third kappa shape index (κ3) is 3.88. The van der Waals surface area contributed by atoms with Crippen LogP contribution in [0.2, 0.25) is 0 Å². The van der Waals surface area contributed by atoms with Crippen molar-refractivity contribution in [3.05, 3.63) is 41.9 Å². The fourth-order valence-corrected chi connectivity index (χ4v) is 3.59. The van der Waals surface area contributed by atoms with Crippen molar-refractivity contribution in [3.63, 3.8) is 0 Å². The third-order valence-corrected chi connectivity index (χ3v) is 4.84. The van der Waals surface area contributed by atoms with Gasteiger partial charge in [0, 0.05) is 31.7 Å². The quantitative estimate of drug-likeness (QED) is 0.677. The van der Waals surface area contributed by atoms with Gasteiger partial charge in [-0.2, -0.15) is 19.5 Å². The maximum Gasteiger partial charge on any atom is 0.254 e. The van der Waals surface area contributed by atoms with Crippen LogP contribution in [0, 0.1) is 19.7 Å². The minimum Gasteiger partial charge on any atom is -0.383 e. The smallest absolute Gasteiger partial charge is 0.254 e. The standard InChI is InChI=1S/C19H23FN8O/c1-12-9-13(2)28(26-12)19-24-17(23-15-10-21-6-7-22-15)16(20)18(25-19)27-8-4-5-14(27)11-29-3/h6-7,9-10,14H,4-5,8,11H2,1-3H3,(H,22,23,24,25)/t14-/m1/s1. The van der Waals surface area contributed by atoms with E-state index in [0.717, 1.165) is 24.2 Å². The Hall–Kier alpha value is -3.14. The number of methoxy groups -OCH3 is 1. The van der Waals surface area contributed by atoms with Gasteiger partial charge in [0.05, 0.1) is 24.5 Å². The Bertz CT molecular complexity index is 993. The van der Waals surface area contributed by atoms with Crippen LogP contribution in [0.3, 0.4) is 0 Å². The van der Waals surface area contributed by atoms with Crippen LogP contribution in [0.5, 0.6) is 0 Å². The van der Waals surface area contributed by atoms with E-state index in [-0.39, 0.29) is 17.7 Å². The second kappa shape index (κ2) is 8.08. The summed E-state index contributed by atoms with van der Waals surface area (Å²) < 4.78 is 22.4. The molecule has 1 saturated heterocycles. The number of hydrogen-bond donors (Lipinski definition) is 1. The molecule has 0 aromatic carbocycles. The normalized spacial score (nSPS) is 16.4. The fraction of sp³-hybridized carbons (Fsp3) is 0.421. The summed E-state index contributed by atoms with van der Waals surface area (Å²) in [7, 11) is 1.65. The lowest BCUT2D eigenvalue weighted by atomic mass is 10.2. The van der Waals surface area contributed by atoms with E-state index in [1.807, 2.05) is 24.8 Å². The van der Waals surface area contributed by atoms with Crippen LogP contribution in [0.25, 0.3) is 5.95 Å². The van der Waals surface area contributed by atoms with Gasteiger partial charge in [0.2, 0.25) is 5.82 Å². The highest BCUT2D eigenvalue weighted by Gasteiger charge is 2.30. The van der Waals surface area contributed by atoms with E-state index in [1.165, 1.54) is 12.4 Å². The summed E-state index contributed by atoms with van der Waals surface area (Å²) in [5, 5.41) is 7.37. The Morgan fingerprint density at radius 3 is 2.83 bits per heavy atom. The van der Waals surface area contributed by atoms with E-state index in [1.54, 1.807) is 18.0 Å². The molecule has 0 unspecified atom stereocenters. The molecular formula is C19H23FN8O. The van der Waals surface area contributed by atoms with Crippen molar-refractivity contribution < 1.29 is 9.13 Å². The molecular weight excluding hydrogens is 375 g/mol. The highest BCUT2D eigenvalue weighted by Crippen LogP contribution is 2.31. The number of aryl methyl sites for hydroxylation is 2. The van der Waals surface area contributed by atoms with E-state index in [9.17, 15) is 0 Å². The molecule has 29 heavy (non-hydrogen) atoms. The number of aromatic nitrogens is 6. The zero-order chi connectivity index (χ0) is 20.4. The lowest BCUT2D eigenvalue weighted by Gasteiger charge is -2.26. The molecule has 4 rings (SSSR count). The minimum atomic E-state index is -0.538. The Labute approximate surface area is 168 Å². The predicted octanol–water partition coefficient (Wildman–Crippen LogP) is 2.57. The van der Waals surface area contributed by atoms with Crippen molar-refractivity contribution in [1.29, 1.82) is 0 Å². The van der Waals surface area contributed by atoms with Crippen molar-refractivity contribution in [2.24, 2.45) is 0 Å².